The smallest absolute Gasteiger partial charge is 0.206 e. The number of thioether (sulfide) groups is 1. The van der Waals surface area contributed by atoms with E-state index in [-0.39, 0.29) is 12.4 Å². The van der Waals surface area contributed by atoms with Crippen molar-refractivity contribution in [3.8, 4) is 0 Å². The Morgan fingerprint density at radius 2 is 1.95 bits per heavy atom. The van der Waals surface area contributed by atoms with Crippen molar-refractivity contribution in [3.05, 3.63) is 35.6 Å². The number of nitrogens with zero attached hydrogens (tertiary/aromatic N) is 2. The second-order valence-electron chi connectivity index (χ2n) is 4.49. The Morgan fingerprint density at radius 1 is 1.14 bits per heavy atom. The van der Waals surface area contributed by atoms with E-state index in [1.54, 1.807) is 23.9 Å². The summed E-state index contributed by atoms with van der Waals surface area (Å²) >= 11 is 3.21. The Hall–Kier alpha value is -1.18. The van der Waals surface area contributed by atoms with Crippen molar-refractivity contribution < 1.29 is 9.50 Å². The molecule has 0 fully saturated rings. The first kappa shape index (κ1) is 16.2. The molecule has 0 aliphatic heterocycles. The van der Waals surface area contributed by atoms with E-state index >= 15 is 0 Å². The van der Waals surface area contributed by atoms with E-state index in [9.17, 15) is 4.39 Å². The number of anilines is 1. The van der Waals surface area contributed by atoms with Crippen LogP contribution in [-0.2, 0) is 6.54 Å². The van der Waals surface area contributed by atoms with Gasteiger partial charge in [-0.25, -0.2) is 4.39 Å². The molecule has 0 amide bonds. The van der Waals surface area contributed by atoms with Gasteiger partial charge in [-0.2, -0.15) is 0 Å². The lowest BCUT2D eigenvalue weighted by Crippen LogP contribution is -1.98. The van der Waals surface area contributed by atoms with Crippen molar-refractivity contribution in [2.45, 2.75) is 30.1 Å². The van der Waals surface area contributed by atoms with Gasteiger partial charge >= 0.3 is 0 Å². The lowest BCUT2D eigenvalue weighted by molar-refractivity contribution is 0.284. The molecular weight excluding hydrogens is 309 g/mol. The summed E-state index contributed by atoms with van der Waals surface area (Å²) in [5.41, 5.74) is 1.00. The maximum absolute atomic E-state index is 12.8. The van der Waals surface area contributed by atoms with Crippen molar-refractivity contribution in [3.63, 3.8) is 0 Å². The van der Waals surface area contributed by atoms with Crippen LogP contribution in [0.25, 0.3) is 0 Å². The molecule has 1 heterocycles. The highest BCUT2D eigenvalue weighted by Gasteiger charge is 2.04. The number of rotatable bonds is 9. The Balaban J connectivity index is 1.71. The van der Waals surface area contributed by atoms with Crippen LogP contribution in [-0.4, -0.2) is 27.7 Å². The van der Waals surface area contributed by atoms with Gasteiger partial charge in [-0.3, -0.25) is 0 Å². The number of hydrogen-bond acceptors (Lipinski definition) is 6. The first-order valence-electron chi connectivity index (χ1n) is 6.83. The summed E-state index contributed by atoms with van der Waals surface area (Å²) in [5.74, 6) is 0.765. The third-order valence-electron chi connectivity index (χ3n) is 2.79. The zero-order chi connectivity index (χ0) is 14.9. The molecule has 0 bridgehead atoms. The third kappa shape index (κ3) is 5.99. The van der Waals surface area contributed by atoms with Crippen LogP contribution in [0.2, 0.25) is 0 Å². The predicted octanol–water partition coefficient (Wildman–Crippen LogP) is 3.54. The molecule has 0 spiro atoms. The van der Waals surface area contributed by atoms with E-state index in [0.717, 1.165) is 40.0 Å². The van der Waals surface area contributed by atoms with Crippen LogP contribution in [0.1, 0.15) is 24.8 Å². The van der Waals surface area contributed by atoms with E-state index in [1.807, 2.05) is 0 Å². The summed E-state index contributed by atoms with van der Waals surface area (Å²) in [5, 5.41) is 20.9. The molecule has 0 saturated carbocycles. The van der Waals surface area contributed by atoms with Crippen LogP contribution in [0.5, 0.6) is 0 Å². The highest BCUT2D eigenvalue weighted by atomic mass is 32.2. The molecular formula is C14H18FN3OS2. The number of benzene rings is 1. The summed E-state index contributed by atoms with van der Waals surface area (Å²) in [7, 11) is 0. The van der Waals surface area contributed by atoms with Gasteiger partial charge in [0, 0.05) is 18.9 Å². The summed E-state index contributed by atoms with van der Waals surface area (Å²) in [6.07, 6.45) is 2.97. The van der Waals surface area contributed by atoms with Gasteiger partial charge < -0.3 is 10.4 Å². The van der Waals surface area contributed by atoms with Crippen molar-refractivity contribution >= 4 is 28.2 Å². The quantitative estimate of drug-likeness (QED) is 0.545. The lowest BCUT2D eigenvalue weighted by Gasteiger charge is -2.01. The van der Waals surface area contributed by atoms with Crippen LogP contribution < -0.4 is 5.32 Å². The minimum Gasteiger partial charge on any atom is -0.396 e. The van der Waals surface area contributed by atoms with Crippen molar-refractivity contribution in [1.29, 1.82) is 0 Å². The summed E-state index contributed by atoms with van der Waals surface area (Å²) < 4.78 is 13.7. The molecule has 2 N–H and O–H groups in total. The molecule has 0 radical (unpaired) electrons. The topological polar surface area (TPSA) is 58.0 Å². The normalized spacial score (nSPS) is 10.8. The van der Waals surface area contributed by atoms with Gasteiger partial charge in [0.25, 0.3) is 0 Å². The zero-order valence-corrected chi connectivity index (χ0v) is 13.2. The fourth-order valence-electron chi connectivity index (χ4n) is 1.67. The molecule has 114 valence electrons. The van der Waals surface area contributed by atoms with Gasteiger partial charge in [0.1, 0.15) is 5.82 Å². The minimum atomic E-state index is -0.227. The lowest BCUT2D eigenvalue weighted by atomic mass is 10.2. The van der Waals surface area contributed by atoms with Crippen molar-refractivity contribution in [2.24, 2.45) is 0 Å². The molecule has 0 unspecified atom stereocenters. The van der Waals surface area contributed by atoms with Crippen LogP contribution in [0.15, 0.2) is 28.6 Å². The first-order valence-corrected chi connectivity index (χ1v) is 8.63. The molecule has 7 heteroatoms. The van der Waals surface area contributed by atoms with Crippen LogP contribution in [0, 0.1) is 5.82 Å². The number of halogens is 1. The Bertz CT molecular complexity index is 533. The molecule has 2 aromatic rings. The van der Waals surface area contributed by atoms with E-state index in [2.05, 4.69) is 15.5 Å². The molecule has 0 saturated heterocycles. The monoisotopic (exact) mass is 327 g/mol. The van der Waals surface area contributed by atoms with Gasteiger partial charge in [-0.15, -0.1) is 10.2 Å². The van der Waals surface area contributed by atoms with Gasteiger partial charge in [0.2, 0.25) is 5.13 Å². The fourth-order valence-corrected chi connectivity index (χ4v) is 3.49. The molecule has 21 heavy (non-hydrogen) atoms. The van der Waals surface area contributed by atoms with E-state index in [4.69, 9.17) is 5.11 Å². The average Bonchev–Trinajstić information content (AvgIpc) is 2.94. The molecule has 1 aromatic carbocycles. The number of aromatic nitrogens is 2. The van der Waals surface area contributed by atoms with Crippen LogP contribution >= 0.6 is 23.1 Å². The number of unbranched alkanes of at least 4 members (excludes halogenated alkanes) is 2. The van der Waals surface area contributed by atoms with Gasteiger partial charge in [0.05, 0.1) is 0 Å². The number of hydrogen-bond donors (Lipinski definition) is 2. The highest BCUT2D eigenvalue weighted by Crippen LogP contribution is 2.26. The molecule has 4 nitrogen and oxygen atoms in total. The van der Waals surface area contributed by atoms with Crippen LogP contribution in [0.4, 0.5) is 9.52 Å². The molecule has 0 aliphatic carbocycles. The van der Waals surface area contributed by atoms with Crippen molar-refractivity contribution in [2.75, 3.05) is 17.7 Å². The van der Waals surface area contributed by atoms with Gasteiger partial charge in [0.15, 0.2) is 4.34 Å². The molecule has 0 aliphatic rings. The largest absolute Gasteiger partial charge is 0.396 e. The summed E-state index contributed by atoms with van der Waals surface area (Å²) in [4.78, 5) is 0. The number of aliphatic hydroxyl groups excluding tert-OH is 1. The third-order valence-corrected chi connectivity index (χ3v) is 4.89. The Kier molecular flexibility index (Phi) is 6.91. The summed E-state index contributed by atoms with van der Waals surface area (Å²) in [6.45, 7) is 0.872. The first-order chi connectivity index (χ1) is 10.3. The molecule has 0 atom stereocenters. The summed E-state index contributed by atoms with van der Waals surface area (Å²) in [6, 6.07) is 6.40. The highest BCUT2D eigenvalue weighted by molar-refractivity contribution is 8.01. The SMILES string of the molecule is OCCCCCSc1nnc(NCc2ccc(F)cc2)s1. The average molecular weight is 327 g/mol. The second kappa shape index (κ2) is 8.96. The maximum Gasteiger partial charge on any atom is 0.206 e. The van der Waals surface area contributed by atoms with Gasteiger partial charge in [-0.05, 0) is 30.5 Å². The minimum absolute atomic E-state index is 0.227. The zero-order valence-electron chi connectivity index (χ0n) is 11.6. The van der Waals surface area contributed by atoms with E-state index in [1.165, 1.54) is 23.5 Å². The number of aliphatic hydroxyl groups is 1. The fraction of sp³-hybridized carbons (Fsp3) is 0.429. The molecule has 1 aromatic heterocycles. The second-order valence-corrected chi connectivity index (χ2v) is 6.81. The van der Waals surface area contributed by atoms with Gasteiger partial charge in [-0.1, -0.05) is 41.7 Å². The van der Waals surface area contributed by atoms with E-state index in [0.29, 0.717) is 6.54 Å². The standard InChI is InChI=1S/C14H18FN3OS2/c15-12-6-4-11(5-7-12)10-16-13-17-18-14(21-13)20-9-3-1-2-8-19/h4-7,19H,1-3,8-10H2,(H,16,17). The Labute approximate surface area is 131 Å². The van der Waals surface area contributed by atoms with E-state index < -0.39 is 0 Å². The van der Waals surface area contributed by atoms with Crippen LogP contribution in [0.3, 0.4) is 0 Å². The number of nitrogens with one attached hydrogen (secondary N) is 1. The van der Waals surface area contributed by atoms with Crippen molar-refractivity contribution in [1.82, 2.24) is 10.2 Å². The Morgan fingerprint density at radius 3 is 2.71 bits per heavy atom. The molecule has 2 rings (SSSR count). The predicted molar refractivity (Wildman–Crippen MR) is 85.3 cm³/mol. The maximum atomic E-state index is 12.8.